The van der Waals surface area contributed by atoms with Crippen LogP contribution in [0.25, 0.3) is 11.3 Å². The smallest absolute Gasteiger partial charge is 0.416 e. The molecule has 7 nitrogen and oxygen atoms in total. The predicted molar refractivity (Wildman–Crippen MR) is 114 cm³/mol. The molecule has 0 radical (unpaired) electrons. The van der Waals surface area contributed by atoms with Crippen LogP contribution in [0.4, 0.5) is 13.2 Å². The zero-order valence-electron chi connectivity index (χ0n) is 17.7. The molecule has 3 rings (SSSR count). The number of hydrogen-bond donors (Lipinski definition) is 2. The number of rotatable bonds is 9. The van der Waals surface area contributed by atoms with Gasteiger partial charge in [-0.1, -0.05) is 0 Å². The Morgan fingerprint density at radius 1 is 1.00 bits per heavy atom. The molecule has 0 saturated carbocycles. The molecule has 1 aromatic heterocycles. The topological polar surface area (TPSA) is 93.5 Å². The van der Waals surface area contributed by atoms with Gasteiger partial charge in [0.2, 0.25) is 5.91 Å². The molecular formula is C23H22F3N3O4. The summed E-state index contributed by atoms with van der Waals surface area (Å²) in [4.78, 5) is 28.2. The SMILES string of the molecule is COc1ccc(-c2cnc(CCC(=O)NCCNC(=O)c3ccc(C(F)(F)F)cc3)o2)cc1. The fraction of sp³-hybridized carbons (Fsp3) is 0.261. The number of nitrogens with one attached hydrogen (secondary N) is 2. The van der Waals surface area contributed by atoms with E-state index in [1.807, 2.05) is 12.1 Å². The summed E-state index contributed by atoms with van der Waals surface area (Å²) in [5.41, 5.74) is 0.113. The zero-order chi connectivity index (χ0) is 23.8. The molecular weight excluding hydrogens is 439 g/mol. The summed E-state index contributed by atoms with van der Waals surface area (Å²) >= 11 is 0. The number of aromatic nitrogens is 1. The minimum atomic E-state index is -4.46. The summed E-state index contributed by atoms with van der Waals surface area (Å²) in [5, 5.41) is 5.20. The molecule has 3 aromatic rings. The van der Waals surface area contributed by atoms with Gasteiger partial charge in [-0.25, -0.2) is 4.98 Å². The molecule has 0 aliphatic carbocycles. The van der Waals surface area contributed by atoms with Crippen LogP contribution in [0.15, 0.2) is 59.1 Å². The second-order valence-corrected chi connectivity index (χ2v) is 7.03. The van der Waals surface area contributed by atoms with Crippen molar-refractivity contribution < 1.29 is 31.9 Å². The summed E-state index contributed by atoms with van der Waals surface area (Å²) in [6, 6.07) is 11.2. The second kappa shape index (κ2) is 10.7. The Bertz CT molecular complexity index is 1080. The second-order valence-electron chi connectivity index (χ2n) is 7.03. The quantitative estimate of drug-likeness (QED) is 0.472. The normalized spacial score (nSPS) is 11.2. The maximum atomic E-state index is 12.6. The number of amides is 2. The number of carbonyl (C=O) groups is 2. The third kappa shape index (κ3) is 6.83. The molecule has 0 atom stereocenters. The van der Waals surface area contributed by atoms with Gasteiger partial charge in [0.15, 0.2) is 11.7 Å². The molecule has 0 aliphatic heterocycles. The number of alkyl halides is 3. The monoisotopic (exact) mass is 461 g/mol. The fourth-order valence-electron chi connectivity index (χ4n) is 2.91. The van der Waals surface area contributed by atoms with Crippen molar-refractivity contribution in [1.82, 2.24) is 15.6 Å². The Morgan fingerprint density at radius 2 is 1.67 bits per heavy atom. The van der Waals surface area contributed by atoms with Gasteiger partial charge in [0, 0.05) is 37.1 Å². The average Bonchev–Trinajstić information content (AvgIpc) is 3.29. The minimum absolute atomic E-state index is 0.103. The van der Waals surface area contributed by atoms with Crippen LogP contribution >= 0.6 is 0 Å². The molecule has 0 bridgehead atoms. The predicted octanol–water partition coefficient (Wildman–Crippen LogP) is 3.85. The number of ether oxygens (including phenoxy) is 1. The number of carbonyl (C=O) groups excluding carboxylic acids is 2. The Hall–Kier alpha value is -3.82. The highest BCUT2D eigenvalue weighted by Gasteiger charge is 2.30. The number of oxazole rings is 1. The lowest BCUT2D eigenvalue weighted by atomic mass is 10.1. The van der Waals surface area contributed by atoms with Crippen molar-refractivity contribution in [2.75, 3.05) is 20.2 Å². The van der Waals surface area contributed by atoms with Gasteiger partial charge in [0.25, 0.3) is 5.91 Å². The van der Waals surface area contributed by atoms with E-state index in [-0.39, 0.29) is 31.0 Å². The first-order valence-electron chi connectivity index (χ1n) is 10.1. The van der Waals surface area contributed by atoms with Crippen LogP contribution in [0, 0.1) is 0 Å². The van der Waals surface area contributed by atoms with Gasteiger partial charge in [0.05, 0.1) is 18.9 Å². The van der Waals surface area contributed by atoms with E-state index < -0.39 is 17.6 Å². The van der Waals surface area contributed by atoms with Crippen molar-refractivity contribution in [2.24, 2.45) is 0 Å². The van der Waals surface area contributed by atoms with E-state index in [9.17, 15) is 22.8 Å². The number of benzene rings is 2. The molecule has 0 saturated heterocycles. The van der Waals surface area contributed by atoms with Gasteiger partial charge in [0.1, 0.15) is 5.75 Å². The van der Waals surface area contributed by atoms with E-state index >= 15 is 0 Å². The van der Waals surface area contributed by atoms with Crippen LogP contribution in [0.1, 0.15) is 28.2 Å². The minimum Gasteiger partial charge on any atom is -0.497 e. The number of halogens is 3. The van der Waals surface area contributed by atoms with Gasteiger partial charge in [-0.2, -0.15) is 13.2 Å². The van der Waals surface area contributed by atoms with E-state index in [2.05, 4.69) is 15.6 Å². The van der Waals surface area contributed by atoms with E-state index in [1.165, 1.54) is 0 Å². The molecule has 0 fully saturated rings. The third-order valence-corrected chi connectivity index (χ3v) is 4.70. The molecule has 1 heterocycles. The van der Waals surface area contributed by atoms with Gasteiger partial charge >= 0.3 is 6.18 Å². The van der Waals surface area contributed by atoms with E-state index in [0.29, 0.717) is 18.1 Å². The number of methoxy groups -OCH3 is 1. The van der Waals surface area contributed by atoms with Crippen molar-refractivity contribution in [3.05, 3.63) is 71.7 Å². The number of hydrogen-bond acceptors (Lipinski definition) is 5. The molecule has 2 N–H and O–H groups in total. The van der Waals surface area contributed by atoms with E-state index in [1.54, 1.807) is 25.4 Å². The first-order chi connectivity index (χ1) is 15.8. The standard InChI is InChI=1S/C23H22F3N3O4/c1-32-18-8-4-15(5-9-18)19-14-29-21(33-19)11-10-20(30)27-12-13-28-22(31)16-2-6-17(7-3-16)23(24,25)26/h2-9,14H,10-13H2,1H3,(H,27,30)(H,28,31). The van der Waals surface area contributed by atoms with Crippen LogP contribution in [0.2, 0.25) is 0 Å². The van der Waals surface area contributed by atoms with Crippen LogP contribution in [-0.4, -0.2) is 37.0 Å². The Morgan fingerprint density at radius 3 is 2.30 bits per heavy atom. The first kappa shape index (κ1) is 23.8. The average molecular weight is 461 g/mol. The summed E-state index contributed by atoms with van der Waals surface area (Å²) in [7, 11) is 1.58. The Balaban J connectivity index is 1.37. The molecule has 0 unspecified atom stereocenters. The Kier molecular flexibility index (Phi) is 7.70. The fourth-order valence-corrected chi connectivity index (χ4v) is 2.91. The molecule has 0 spiro atoms. The maximum absolute atomic E-state index is 12.6. The number of nitrogens with zero attached hydrogens (tertiary/aromatic N) is 1. The van der Waals surface area contributed by atoms with Gasteiger partial charge in [-0.3, -0.25) is 9.59 Å². The molecule has 2 amide bonds. The molecule has 174 valence electrons. The van der Waals surface area contributed by atoms with Crippen LogP contribution in [0.5, 0.6) is 5.75 Å². The van der Waals surface area contributed by atoms with Crippen molar-refractivity contribution in [3.8, 4) is 17.1 Å². The molecule has 2 aromatic carbocycles. The molecule has 10 heteroatoms. The highest BCUT2D eigenvalue weighted by molar-refractivity contribution is 5.94. The van der Waals surface area contributed by atoms with E-state index in [0.717, 1.165) is 35.6 Å². The van der Waals surface area contributed by atoms with Crippen LogP contribution < -0.4 is 15.4 Å². The van der Waals surface area contributed by atoms with Crippen LogP contribution in [-0.2, 0) is 17.4 Å². The first-order valence-corrected chi connectivity index (χ1v) is 10.1. The molecule has 0 aliphatic rings. The van der Waals surface area contributed by atoms with Crippen molar-refractivity contribution in [2.45, 2.75) is 19.0 Å². The van der Waals surface area contributed by atoms with E-state index in [4.69, 9.17) is 9.15 Å². The highest BCUT2D eigenvalue weighted by atomic mass is 19.4. The lowest BCUT2D eigenvalue weighted by molar-refractivity contribution is -0.137. The lowest BCUT2D eigenvalue weighted by Gasteiger charge is -2.09. The summed E-state index contributed by atoms with van der Waals surface area (Å²) in [5.74, 6) is 0.961. The van der Waals surface area contributed by atoms with Gasteiger partial charge in [-0.05, 0) is 48.5 Å². The van der Waals surface area contributed by atoms with Crippen molar-refractivity contribution >= 4 is 11.8 Å². The summed E-state index contributed by atoms with van der Waals surface area (Å²) in [6.45, 7) is 0.306. The zero-order valence-corrected chi connectivity index (χ0v) is 17.7. The lowest BCUT2D eigenvalue weighted by Crippen LogP contribution is -2.34. The highest BCUT2D eigenvalue weighted by Crippen LogP contribution is 2.29. The van der Waals surface area contributed by atoms with Crippen molar-refractivity contribution in [1.29, 1.82) is 0 Å². The van der Waals surface area contributed by atoms with Gasteiger partial charge < -0.3 is 19.8 Å². The largest absolute Gasteiger partial charge is 0.497 e. The number of aryl methyl sites for hydroxylation is 1. The summed E-state index contributed by atoms with van der Waals surface area (Å²) < 4.78 is 48.5. The van der Waals surface area contributed by atoms with Gasteiger partial charge in [-0.15, -0.1) is 0 Å². The third-order valence-electron chi connectivity index (χ3n) is 4.70. The van der Waals surface area contributed by atoms with Crippen molar-refractivity contribution in [3.63, 3.8) is 0 Å². The Labute approximate surface area is 188 Å². The van der Waals surface area contributed by atoms with Crippen LogP contribution in [0.3, 0.4) is 0 Å². The maximum Gasteiger partial charge on any atom is 0.416 e. The summed E-state index contributed by atoms with van der Waals surface area (Å²) in [6.07, 6.45) is -2.41. The molecule has 33 heavy (non-hydrogen) atoms.